The van der Waals surface area contributed by atoms with Gasteiger partial charge >= 0.3 is 0 Å². The molecule has 0 rings (SSSR count). The number of carbonyl (C=O) groups excluding carboxylic acids is 1. The van der Waals surface area contributed by atoms with Crippen molar-refractivity contribution in [2.24, 2.45) is 5.92 Å². The topological polar surface area (TPSA) is 17.1 Å². The Labute approximate surface area is 107 Å². The van der Waals surface area contributed by atoms with Gasteiger partial charge < -0.3 is 18.6 Å². The Morgan fingerprint density at radius 3 is 1.78 bits per heavy atom. The number of hydrogen-bond acceptors (Lipinski definition) is 1. The molecule has 0 aliphatic heterocycles. The van der Waals surface area contributed by atoms with Crippen LogP contribution in [0.3, 0.4) is 0 Å². The van der Waals surface area contributed by atoms with Crippen molar-refractivity contribution in [3.63, 3.8) is 0 Å². The van der Waals surface area contributed by atoms with E-state index in [0.717, 1.165) is 0 Å². The minimum absolute atomic E-state index is 0. The first-order valence-electron chi connectivity index (χ1n) is 2.28. The first-order valence-corrected chi connectivity index (χ1v) is 2.28. The van der Waals surface area contributed by atoms with Crippen molar-refractivity contribution in [3.05, 3.63) is 13.8 Å². The van der Waals surface area contributed by atoms with Crippen LogP contribution in [0.1, 0.15) is 13.3 Å². The summed E-state index contributed by atoms with van der Waals surface area (Å²) in [5.41, 5.74) is 0. The predicted octanol–water partition coefficient (Wildman–Crippen LogP) is 1.24. The van der Waals surface area contributed by atoms with Gasteiger partial charge in [0, 0.05) is 65.4 Å². The van der Waals surface area contributed by atoms with Crippen LogP contribution in [0.15, 0.2) is 0 Å². The van der Waals surface area contributed by atoms with Crippen LogP contribution in [0.25, 0.3) is 0 Å². The van der Waals surface area contributed by atoms with Crippen molar-refractivity contribution in [2.45, 2.75) is 13.3 Å². The van der Waals surface area contributed by atoms with Gasteiger partial charge in [-0.05, 0) is 13.3 Å². The van der Waals surface area contributed by atoms with E-state index in [9.17, 15) is 4.79 Å². The van der Waals surface area contributed by atoms with Crippen LogP contribution in [0.5, 0.6) is 0 Å². The van der Waals surface area contributed by atoms with Crippen LogP contribution in [0, 0.1) is 19.8 Å². The number of carbonyl (C=O) groups is 1. The molecule has 0 aliphatic carbocycles. The fourth-order valence-corrected chi connectivity index (χ4v) is 0.407. The van der Waals surface area contributed by atoms with E-state index in [2.05, 4.69) is 13.8 Å². The Hall–Kier alpha value is 1.88. The van der Waals surface area contributed by atoms with Gasteiger partial charge in [0.1, 0.15) is 5.78 Å². The third-order valence-corrected chi connectivity index (χ3v) is 0.576. The molecule has 0 saturated heterocycles. The Morgan fingerprint density at radius 2 is 1.78 bits per heavy atom. The van der Waals surface area contributed by atoms with Crippen molar-refractivity contribution >= 4 is 5.78 Å². The average molecular weight is 276 g/mol. The van der Waals surface area contributed by atoms with Gasteiger partial charge in [-0.25, -0.2) is 0 Å². The van der Waals surface area contributed by atoms with E-state index in [4.69, 9.17) is 0 Å². The van der Waals surface area contributed by atoms with Gasteiger partial charge in [-0.1, -0.05) is 0 Å². The van der Waals surface area contributed by atoms with Crippen molar-refractivity contribution in [2.75, 3.05) is 0 Å². The maximum Gasteiger partial charge on any atom is 0.125 e. The van der Waals surface area contributed by atoms with Gasteiger partial charge in [0.2, 0.25) is 0 Å². The van der Waals surface area contributed by atoms with Gasteiger partial charge in [-0.15, -0.1) is 0 Å². The normalized spacial score (nSPS) is 7.56. The molecule has 0 bridgehead atoms. The second-order valence-corrected chi connectivity index (χ2v) is 1.77. The molecule has 9 heavy (non-hydrogen) atoms. The summed E-state index contributed by atoms with van der Waals surface area (Å²) >= 11 is 0. The van der Waals surface area contributed by atoms with Gasteiger partial charge in [0.15, 0.2) is 0 Å². The molecule has 2 radical (unpaired) electrons. The van der Waals surface area contributed by atoms with Crippen LogP contribution < -0.4 is 0 Å². The standard InChI is InChI=1S/C6H10O.2Y/c1-5(2)4-6(3)7;;/h5H,1-2,4H2,3H3;;/q-2;;. The monoisotopic (exact) mass is 276 g/mol. The molecule has 0 heterocycles. The maximum absolute atomic E-state index is 10.2. The molecule has 0 aromatic carbocycles. The van der Waals surface area contributed by atoms with E-state index in [-0.39, 0.29) is 77.1 Å². The average Bonchev–Trinajstić information content (AvgIpc) is 1.27. The fourth-order valence-electron chi connectivity index (χ4n) is 0.407. The molecule has 0 aliphatic rings. The summed E-state index contributed by atoms with van der Waals surface area (Å²) in [6, 6.07) is 0. The molecular formula is C6H10OY2-2. The van der Waals surface area contributed by atoms with E-state index >= 15 is 0 Å². The first-order chi connectivity index (χ1) is 3.13. The largest absolute Gasteiger partial charge is 0.369 e. The molecule has 0 aromatic heterocycles. The molecule has 0 unspecified atom stereocenters. The smallest absolute Gasteiger partial charge is 0.125 e. The summed E-state index contributed by atoms with van der Waals surface area (Å²) in [4.78, 5) is 10.2. The Morgan fingerprint density at radius 1 is 1.44 bits per heavy atom. The van der Waals surface area contributed by atoms with Crippen molar-refractivity contribution in [1.29, 1.82) is 0 Å². The Balaban J connectivity index is -0.000000180. The predicted molar refractivity (Wildman–Crippen MR) is 29.5 cm³/mol. The Bertz CT molecular complexity index is 71.5. The molecule has 3 heteroatoms. The molecule has 0 fully saturated rings. The zero-order chi connectivity index (χ0) is 5.86. The minimum Gasteiger partial charge on any atom is -0.369 e. The van der Waals surface area contributed by atoms with Crippen molar-refractivity contribution in [3.8, 4) is 0 Å². The minimum atomic E-state index is 0. The van der Waals surface area contributed by atoms with Crippen LogP contribution in [0.2, 0.25) is 0 Å². The van der Waals surface area contributed by atoms with E-state index < -0.39 is 0 Å². The second kappa shape index (κ2) is 9.88. The van der Waals surface area contributed by atoms with Gasteiger partial charge in [-0.3, -0.25) is 5.92 Å². The quantitative estimate of drug-likeness (QED) is 0.694. The second-order valence-electron chi connectivity index (χ2n) is 1.77. The number of ketones is 1. The molecule has 0 spiro atoms. The maximum atomic E-state index is 10.2. The van der Waals surface area contributed by atoms with Crippen molar-refractivity contribution in [1.82, 2.24) is 0 Å². The first kappa shape index (κ1) is 17.1. The Kier molecular flexibility index (Phi) is 18.8. The van der Waals surface area contributed by atoms with Crippen LogP contribution >= 0.6 is 0 Å². The molecular weight excluding hydrogens is 266 g/mol. The third kappa shape index (κ3) is 17.7. The van der Waals surface area contributed by atoms with Crippen LogP contribution in [-0.4, -0.2) is 5.78 Å². The third-order valence-electron chi connectivity index (χ3n) is 0.576. The molecule has 1 nitrogen and oxygen atoms in total. The van der Waals surface area contributed by atoms with Crippen LogP contribution in [-0.2, 0) is 70.2 Å². The molecule has 0 N–H and O–H groups in total. The van der Waals surface area contributed by atoms with E-state index in [1.807, 2.05) is 0 Å². The SMILES string of the molecule is [CH2-]C([CH2-])CC(C)=O.[Y].[Y]. The van der Waals surface area contributed by atoms with E-state index in [1.165, 1.54) is 0 Å². The van der Waals surface area contributed by atoms with Crippen LogP contribution in [0.4, 0.5) is 0 Å². The van der Waals surface area contributed by atoms with Crippen molar-refractivity contribution < 1.29 is 70.2 Å². The summed E-state index contributed by atoms with van der Waals surface area (Å²) in [5, 5.41) is 0. The molecule has 48 valence electrons. The fraction of sp³-hybridized carbons (Fsp3) is 0.500. The number of hydrogen-bond donors (Lipinski definition) is 0. The number of Topliss-reactive ketones (excluding diaryl/α,β-unsaturated/α-hetero) is 1. The number of rotatable bonds is 2. The summed E-state index contributed by atoms with van der Waals surface area (Å²) in [6.07, 6.45) is 0.500. The molecule has 0 aromatic rings. The van der Waals surface area contributed by atoms with E-state index in [1.54, 1.807) is 6.92 Å². The summed E-state index contributed by atoms with van der Waals surface area (Å²) < 4.78 is 0. The van der Waals surface area contributed by atoms with Gasteiger partial charge in [0.25, 0.3) is 0 Å². The van der Waals surface area contributed by atoms with E-state index in [0.29, 0.717) is 6.42 Å². The summed E-state index contributed by atoms with van der Waals surface area (Å²) in [7, 11) is 0. The summed E-state index contributed by atoms with van der Waals surface area (Å²) in [6.45, 7) is 8.64. The molecule has 0 atom stereocenters. The van der Waals surface area contributed by atoms with Gasteiger partial charge in [-0.2, -0.15) is 0 Å². The van der Waals surface area contributed by atoms with Gasteiger partial charge in [0.05, 0.1) is 0 Å². The zero-order valence-electron chi connectivity index (χ0n) is 5.76. The zero-order valence-corrected chi connectivity index (χ0v) is 11.4. The summed E-state index contributed by atoms with van der Waals surface area (Å²) in [5.74, 6) is 0.188. The molecule has 0 amide bonds. The molecule has 0 saturated carbocycles.